The number of rotatable bonds is 6. The molecule has 0 aliphatic heterocycles. The third-order valence-corrected chi connectivity index (χ3v) is 4.63. The number of oxazole rings is 1. The number of benzene rings is 1. The van der Waals surface area contributed by atoms with Crippen LogP contribution in [-0.2, 0) is 20.0 Å². The van der Waals surface area contributed by atoms with E-state index in [1.54, 1.807) is 25.4 Å². The Bertz CT molecular complexity index is 964. The van der Waals surface area contributed by atoms with Crippen LogP contribution in [0.2, 0.25) is 0 Å². The summed E-state index contributed by atoms with van der Waals surface area (Å²) in [5, 5.41) is 11.0. The highest BCUT2D eigenvalue weighted by atomic mass is 127. The van der Waals surface area contributed by atoms with Gasteiger partial charge in [0.05, 0.1) is 11.4 Å². The van der Waals surface area contributed by atoms with Crippen molar-refractivity contribution in [3.05, 3.63) is 59.0 Å². The van der Waals surface area contributed by atoms with Crippen LogP contribution in [0.4, 0.5) is 4.39 Å². The van der Waals surface area contributed by atoms with Crippen molar-refractivity contribution in [1.82, 2.24) is 25.4 Å². The number of aromatic nitrogens is 3. The number of nitrogens with zero attached hydrogens (tertiary/aromatic N) is 4. The molecule has 0 spiro atoms. The van der Waals surface area contributed by atoms with Gasteiger partial charge in [0, 0.05) is 50.4 Å². The zero-order valence-corrected chi connectivity index (χ0v) is 19.3. The van der Waals surface area contributed by atoms with Gasteiger partial charge in [-0.15, -0.1) is 24.0 Å². The predicted octanol–water partition coefficient (Wildman–Crippen LogP) is 3.36. The lowest BCUT2D eigenvalue weighted by Crippen LogP contribution is -2.38. The van der Waals surface area contributed by atoms with Crippen molar-refractivity contribution in [3.63, 3.8) is 0 Å². The van der Waals surface area contributed by atoms with Crippen LogP contribution in [0, 0.1) is 19.7 Å². The van der Waals surface area contributed by atoms with Crippen molar-refractivity contribution >= 4 is 29.9 Å². The van der Waals surface area contributed by atoms with E-state index in [1.807, 2.05) is 18.7 Å². The Morgan fingerprint density at radius 1 is 1.21 bits per heavy atom. The number of aryl methyl sites for hydroxylation is 2. The van der Waals surface area contributed by atoms with Crippen LogP contribution in [0.15, 0.2) is 39.9 Å². The number of guanidine groups is 1. The average Bonchev–Trinajstić information content (AvgIpc) is 3.24. The summed E-state index contributed by atoms with van der Waals surface area (Å²) in [4.78, 5) is 8.70. The molecule has 9 heteroatoms. The smallest absolute Gasteiger partial charge is 0.226 e. The molecule has 0 unspecified atom stereocenters. The number of hydrogen-bond acceptors (Lipinski definition) is 4. The summed E-state index contributed by atoms with van der Waals surface area (Å²) in [6, 6.07) is 6.08. The molecule has 0 aliphatic rings. The highest BCUT2D eigenvalue weighted by Crippen LogP contribution is 2.19. The second kappa shape index (κ2) is 10.4. The first-order chi connectivity index (χ1) is 13.5. The number of aliphatic imine (C=N–C) groups is 1. The Kier molecular flexibility index (Phi) is 8.18. The van der Waals surface area contributed by atoms with Crippen LogP contribution < -0.4 is 10.6 Å². The molecule has 156 valence electrons. The van der Waals surface area contributed by atoms with E-state index in [0.717, 1.165) is 22.6 Å². The molecular weight excluding hydrogens is 486 g/mol. The van der Waals surface area contributed by atoms with Gasteiger partial charge in [-0.05, 0) is 38.1 Å². The highest BCUT2D eigenvalue weighted by molar-refractivity contribution is 14.0. The Balaban J connectivity index is 0.00000300. The molecule has 0 radical (unpaired) electrons. The Labute approximate surface area is 186 Å². The lowest BCUT2D eigenvalue weighted by Gasteiger charge is -2.11. The summed E-state index contributed by atoms with van der Waals surface area (Å²) >= 11 is 0. The monoisotopic (exact) mass is 512 g/mol. The quantitative estimate of drug-likeness (QED) is 0.301. The SMILES string of the molecule is CN=C(NCCc1coc(-c2ccc(F)cc2)n1)NCc1c(C)nn(C)c1C.I. The van der Waals surface area contributed by atoms with Crippen LogP contribution in [0.5, 0.6) is 0 Å². The minimum atomic E-state index is -0.282. The molecule has 0 saturated carbocycles. The summed E-state index contributed by atoms with van der Waals surface area (Å²) in [6.45, 7) is 5.36. The van der Waals surface area contributed by atoms with Crippen molar-refractivity contribution in [2.45, 2.75) is 26.8 Å². The minimum Gasteiger partial charge on any atom is -0.444 e. The molecule has 3 aromatic rings. The number of nitrogens with one attached hydrogen (secondary N) is 2. The summed E-state index contributed by atoms with van der Waals surface area (Å²) in [6.07, 6.45) is 2.30. The van der Waals surface area contributed by atoms with Gasteiger partial charge in [-0.1, -0.05) is 0 Å². The maximum absolute atomic E-state index is 13.0. The maximum atomic E-state index is 13.0. The van der Waals surface area contributed by atoms with Crippen molar-refractivity contribution in [3.8, 4) is 11.5 Å². The molecule has 0 atom stereocenters. The molecule has 0 fully saturated rings. The molecule has 29 heavy (non-hydrogen) atoms. The third kappa shape index (κ3) is 5.78. The van der Waals surface area contributed by atoms with Gasteiger partial charge in [-0.25, -0.2) is 9.37 Å². The zero-order valence-electron chi connectivity index (χ0n) is 17.0. The lowest BCUT2D eigenvalue weighted by atomic mass is 10.2. The second-order valence-electron chi connectivity index (χ2n) is 6.53. The van der Waals surface area contributed by atoms with Gasteiger partial charge in [0.25, 0.3) is 0 Å². The summed E-state index contributed by atoms with van der Waals surface area (Å²) in [7, 11) is 3.68. The normalized spacial score (nSPS) is 11.3. The van der Waals surface area contributed by atoms with Gasteiger partial charge in [0.1, 0.15) is 12.1 Å². The minimum absolute atomic E-state index is 0. The van der Waals surface area contributed by atoms with Crippen molar-refractivity contribution in [2.75, 3.05) is 13.6 Å². The van der Waals surface area contributed by atoms with Crippen LogP contribution in [-0.4, -0.2) is 34.3 Å². The Hall–Kier alpha value is -2.43. The van der Waals surface area contributed by atoms with E-state index in [0.29, 0.717) is 31.4 Å². The predicted molar refractivity (Wildman–Crippen MR) is 122 cm³/mol. The molecule has 2 N–H and O–H groups in total. The van der Waals surface area contributed by atoms with Gasteiger partial charge < -0.3 is 15.1 Å². The lowest BCUT2D eigenvalue weighted by molar-refractivity contribution is 0.571. The molecule has 0 amide bonds. The van der Waals surface area contributed by atoms with E-state index in [1.165, 1.54) is 17.7 Å². The summed E-state index contributed by atoms with van der Waals surface area (Å²) in [5.74, 6) is 0.917. The molecule has 3 rings (SSSR count). The average molecular weight is 512 g/mol. The second-order valence-corrected chi connectivity index (χ2v) is 6.53. The molecule has 1 aromatic carbocycles. The molecule has 0 saturated heterocycles. The van der Waals surface area contributed by atoms with Crippen LogP contribution in [0.25, 0.3) is 11.5 Å². The van der Waals surface area contributed by atoms with E-state index in [4.69, 9.17) is 4.42 Å². The van der Waals surface area contributed by atoms with Gasteiger partial charge >= 0.3 is 0 Å². The van der Waals surface area contributed by atoms with E-state index in [9.17, 15) is 4.39 Å². The number of halogens is 2. The molecule has 2 heterocycles. The largest absolute Gasteiger partial charge is 0.444 e. The first kappa shape index (κ1) is 22.9. The molecule has 0 bridgehead atoms. The van der Waals surface area contributed by atoms with Crippen LogP contribution in [0.1, 0.15) is 22.6 Å². The zero-order chi connectivity index (χ0) is 20.1. The fraction of sp³-hybridized carbons (Fsp3) is 0.350. The summed E-state index contributed by atoms with van der Waals surface area (Å²) in [5.41, 5.74) is 4.89. The number of hydrogen-bond donors (Lipinski definition) is 2. The first-order valence-corrected chi connectivity index (χ1v) is 9.12. The molecular formula is C20H26FIN6O. The standard InChI is InChI=1S/C20H25FN6O.HI/c1-13-18(14(2)27(4)26-13)11-24-20(22-3)23-10-9-17-12-28-19(25-17)15-5-7-16(21)8-6-15;/h5-8,12H,9-11H2,1-4H3,(H2,22,23,24);1H. The Morgan fingerprint density at radius 2 is 1.93 bits per heavy atom. The van der Waals surface area contributed by atoms with E-state index >= 15 is 0 Å². The summed E-state index contributed by atoms with van der Waals surface area (Å²) < 4.78 is 20.4. The van der Waals surface area contributed by atoms with Gasteiger partial charge in [0.15, 0.2) is 5.96 Å². The Morgan fingerprint density at radius 3 is 2.55 bits per heavy atom. The van der Waals surface area contributed by atoms with Crippen molar-refractivity contribution in [2.24, 2.45) is 12.0 Å². The van der Waals surface area contributed by atoms with Crippen molar-refractivity contribution < 1.29 is 8.81 Å². The molecule has 0 aliphatic carbocycles. The van der Waals surface area contributed by atoms with E-state index in [2.05, 4.69) is 32.6 Å². The van der Waals surface area contributed by atoms with Crippen LogP contribution >= 0.6 is 24.0 Å². The fourth-order valence-corrected chi connectivity index (χ4v) is 2.92. The third-order valence-electron chi connectivity index (χ3n) is 4.63. The topological polar surface area (TPSA) is 80.3 Å². The van der Waals surface area contributed by atoms with Crippen molar-refractivity contribution in [1.29, 1.82) is 0 Å². The van der Waals surface area contributed by atoms with E-state index in [-0.39, 0.29) is 29.8 Å². The van der Waals surface area contributed by atoms with Crippen LogP contribution in [0.3, 0.4) is 0 Å². The fourth-order valence-electron chi connectivity index (χ4n) is 2.92. The van der Waals surface area contributed by atoms with Gasteiger partial charge in [0.2, 0.25) is 5.89 Å². The highest BCUT2D eigenvalue weighted by Gasteiger charge is 2.10. The molecule has 7 nitrogen and oxygen atoms in total. The maximum Gasteiger partial charge on any atom is 0.226 e. The van der Waals surface area contributed by atoms with E-state index < -0.39 is 0 Å². The van der Waals surface area contributed by atoms with Gasteiger partial charge in [-0.3, -0.25) is 9.67 Å². The molecule has 2 aromatic heterocycles. The first-order valence-electron chi connectivity index (χ1n) is 9.12. The van der Waals surface area contributed by atoms with Gasteiger partial charge in [-0.2, -0.15) is 5.10 Å².